The molecule has 1 saturated heterocycles. The number of carbonyl (C=O) groups excluding carboxylic acids is 4. The van der Waals surface area contributed by atoms with E-state index < -0.39 is 17.9 Å². The number of anilines is 1. The molecular formula is C22H24N2O5S. The van der Waals surface area contributed by atoms with E-state index in [1.54, 1.807) is 36.6 Å². The first-order valence-corrected chi connectivity index (χ1v) is 10.8. The summed E-state index contributed by atoms with van der Waals surface area (Å²) in [6.07, 6.45) is 0.587. The van der Waals surface area contributed by atoms with Crippen LogP contribution in [0.15, 0.2) is 41.8 Å². The number of hydrogen-bond acceptors (Lipinski definition) is 6. The number of nitrogens with zero attached hydrogens (tertiary/aromatic N) is 2. The highest BCUT2D eigenvalue weighted by Gasteiger charge is 2.45. The average molecular weight is 429 g/mol. The Morgan fingerprint density at radius 3 is 2.47 bits per heavy atom. The Morgan fingerprint density at radius 2 is 1.90 bits per heavy atom. The number of ether oxygens (including phenoxy) is 1. The lowest BCUT2D eigenvalue weighted by Gasteiger charge is -2.32. The van der Waals surface area contributed by atoms with Crippen molar-refractivity contribution in [3.8, 4) is 0 Å². The van der Waals surface area contributed by atoms with Gasteiger partial charge in [-0.25, -0.2) is 9.69 Å². The number of hydrogen-bond donors (Lipinski definition) is 0. The summed E-state index contributed by atoms with van der Waals surface area (Å²) in [4.78, 5) is 54.0. The van der Waals surface area contributed by atoms with Crippen molar-refractivity contribution in [1.29, 1.82) is 0 Å². The molecule has 7 nitrogen and oxygen atoms in total. The van der Waals surface area contributed by atoms with E-state index in [1.807, 2.05) is 13.8 Å². The summed E-state index contributed by atoms with van der Waals surface area (Å²) in [6, 6.07) is 8.56. The van der Waals surface area contributed by atoms with Crippen molar-refractivity contribution in [3.63, 3.8) is 0 Å². The molecule has 0 radical (unpaired) electrons. The summed E-state index contributed by atoms with van der Waals surface area (Å²) in [7, 11) is 0. The molecule has 2 aromatic rings. The smallest absolute Gasteiger partial charge is 0.338 e. The van der Waals surface area contributed by atoms with Gasteiger partial charge in [0, 0.05) is 6.04 Å². The Kier molecular flexibility index (Phi) is 6.66. The molecule has 8 heteroatoms. The minimum atomic E-state index is -0.855. The van der Waals surface area contributed by atoms with Gasteiger partial charge in [-0.1, -0.05) is 13.0 Å². The zero-order valence-corrected chi connectivity index (χ0v) is 18.0. The van der Waals surface area contributed by atoms with Crippen molar-refractivity contribution >= 4 is 40.7 Å². The molecular weight excluding hydrogens is 404 g/mol. The van der Waals surface area contributed by atoms with Crippen LogP contribution in [0.25, 0.3) is 0 Å². The third-order valence-electron chi connectivity index (χ3n) is 5.13. The number of rotatable bonds is 7. The van der Waals surface area contributed by atoms with E-state index in [9.17, 15) is 19.2 Å². The molecule has 158 valence electrons. The second-order valence-corrected chi connectivity index (χ2v) is 7.95. The summed E-state index contributed by atoms with van der Waals surface area (Å²) < 4.78 is 4.95. The van der Waals surface area contributed by atoms with E-state index in [4.69, 9.17) is 4.74 Å². The lowest BCUT2D eigenvalue weighted by Crippen LogP contribution is -2.49. The van der Waals surface area contributed by atoms with Gasteiger partial charge in [0.25, 0.3) is 11.8 Å². The van der Waals surface area contributed by atoms with Gasteiger partial charge in [0.1, 0.15) is 6.04 Å². The highest BCUT2D eigenvalue weighted by atomic mass is 32.1. The standard InChI is InChI=1S/C22H24N2O5S/c1-4-14(3)23(21(27)18-7-6-12-30-18)17-13-19(25)24(20(17)26)16-10-8-15(9-11-16)22(28)29-5-2/h6-12,14,17H,4-5,13H2,1-3H3. The molecule has 0 aliphatic carbocycles. The summed E-state index contributed by atoms with van der Waals surface area (Å²) in [5.41, 5.74) is 0.707. The summed E-state index contributed by atoms with van der Waals surface area (Å²) in [5.74, 6) is -1.52. The van der Waals surface area contributed by atoms with Crippen molar-refractivity contribution in [2.45, 2.75) is 45.7 Å². The predicted molar refractivity (Wildman–Crippen MR) is 114 cm³/mol. The van der Waals surface area contributed by atoms with Crippen molar-refractivity contribution in [3.05, 3.63) is 52.2 Å². The molecule has 3 amide bonds. The molecule has 0 spiro atoms. The van der Waals surface area contributed by atoms with E-state index in [2.05, 4.69) is 0 Å². The predicted octanol–water partition coefficient (Wildman–Crippen LogP) is 3.50. The van der Waals surface area contributed by atoms with E-state index >= 15 is 0 Å². The van der Waals surface area contributed by atoms with Crippen LogP contribution >= 0.6 is 11.3 Å². The lowest BCUT2D eigenvalue weighted by molar-refractivity contribution is -0.122. The average Bonchev–Trinajstić information content (AvgIpc) is 3.37. The maximum atomic E-state index is 13.2. The van der Waals surface area contributed by atoms with Gasteiger partial charge in [-0.3, -0.25) is 14.4 Å². The fraction of sp³-hybridized carbons (Fsp3) is 0.364. The van der Waals surface area contributed by atoms with Crippen LogP contribution < -0.4 is 4.90 Å². The Balaban J connectivity index is 1.87. The zero-order valence-electron chi connectivity index (χ0n) is 17.2. The van der Waals surface area contributed by atoms with Crippen molar-refractivity contribution < 1.29 is 23.9 Å². The first-order valence-electron chi connectivity index (χ1n) is 9.89. The van der Waals surface area contributed by atoms with E-state index in [0.717, 1.165) is 4.90 Å². The summed E-state index contributed by atoms with van der Waals surface area (Å²) >= 11 is 1.31. The van der Waals surface area contributed by atoms with E-state index in [1.165, 1.54) is 28.4 Å². The molecule has 30 heavy (non-hydrogen) atoms. The van der Waals surface area contributed by atoms with Crippen LogP contribution in [0.5, 0.6) is 0 Å². The monoisotopic (exact) mass is 428 g/mol. The van der Waals surface area contributed by atoms with Gasteiger partial charge in [-0.15, -0.1) is 11.3 Å². The summed E-state index contributed by atoms with van der Waals surface area (Å²) in [5, 5.41) is 1.81. The minimum Gasteiger partial charge on any atom is -0.462 e. The van der Waals surface area contributed by atoms with Gasteiger partial charge in [-0.2, -0.15) is 0 Å². The Hall–Kier alpha value is -3.00. The molecule has 2 unspecified atom stereocenters. The molecule has 2 heterocycles. The lowest BCUT2D eigenvalue weighted by atomic mass is 10.1. The Bertz CT molecular complexity index is 939. The van der Waals surface area contributed by atoms with Crippen LogP contribution in [0, 0.1) is 0 Å². The maximum absolute atomic E-state index is 13.2. The highest BCUT2D eigenvalue weighted by Crippen LogP contribution is 2.29. The third-order valence-corrected chi connectivity index (χ3v) is 5.99. The number of amides is 3. The number of carbonyl (C=O) groups is 4. The first-order chi connectivity index (χ1) is 14.4. The molecule has 1 aromatic heterocycles. The molecule has 0 N–H and O–H groups in total. The van der Waals surface area contributed by atoms with Crippen LogP contribution in [0.3, 0.4) is 0 Å². The van der Waals surface area contributed by atoms with Crippen LogP contribution in [0.4, 0.5) is 5.69 Å². The van der Waals surface area contributed by atoms with Crippen LogP contribution in [0.1, 0.15) is 53.6 Å². The van der Waals surface area contributed by atoms with E-state index in [-0.39, 0.29) is 30.9 Å². The molecule has 3 rings (SSSR count). The highest BCUT2D eigenvalue weighted by molar-refractivity contribution is 7.12. The van der Waals surface area contributed by atoms with Crippen molar-refractivity contribution in [2.24, 2.45) is 0 Å². The van der Waals surface area contributed by atoms with Crippen LogP contribution in [-0.2, 0) is 14.3 Å². The van der Waals surface area contributed by atoms with Gasteiger partial charge in [-0.05, 0) is 56.0 Å². The first kappa shape index (κ1) is 21.7. The topological polar surface area (TPSA) is 84.0 Å². The second-order valence-electron chi connectivity index (χ2n) is 7.00. The molecule has 1 aliphatic heterocycles. The number of imide groups is 1. The van der Waals surface area contributed by atoms with Gasteiger partial charge in [0.2, 0.25) is 5.91 Å². The fourth-order valence-corrected chi connectivity index (χ4v) is 4.11. The Labute approximate surface area is 179 Å². The normalized spacial score (nSPS) is 17.2. The minimum absolute atomic E-state index is 0.0695. The summed E-state index contributed by atoms with van der Waals surface area (Å²) in [6.45, 7) is 5.79. The third kappa shape index (κ3) is 4.14. The van der Waals surface area contributed by atoms with Crippen molar-refractivity contribution in [1.82, 2.24) is 4.90 Å². The molecule has 1 aliphatic rings. The Morgan fingerprint density at radius 1 is 1.20 bits per heavy atom. The number of benzene rings is 1. The van der Waals surface area contributed by atoms with Gasteiger partial charge < -0.3 is 9.64 Å². The number of esters is 1. The quantitative estimate of drug-likeness (QED) is 0.498. The van der Waals surface area contributed by atoms with Crippen LogP contribution in [-0.4, -0.2) is 47.3 Å². The van der Waals surface area contributed by atoms with E-state index in [0.29, 0.717) is 22.5 Å². The molecule has 1 aromatic carbocycles. The fourth-order valence-electron chi connectivity index (χ4n) is 3.44. The second kappa shape index (κ2) is 9.21. The molecule has 2 atom stereocenters. The van der Waals surface area contributed by atoms with Gasteiger partial charge in [0.15, 0.2) is 0 Å². The molecule has 0 bridgehead atoms. The zero-order chi connectivity index (χ0) is 21.8. The number of thiophene rings is 1. The molecule has 0 saturated carbocycles. The van der Waals surface area contributed by atoms with Crippen LogP contribution in [0.2, 0.25) is 0 Å². The van der Waals surface area contributed by atoms with Crippen molar-refractivity contribution in [2.75, 3.05) is 11.5 Å². The largest absolute Gasteiger partial charge is 0.462 e. The molecule has 1 fully saturated rings. The maximum Gasteiger partial charge on any atom is 0.338 e. The van der Waals surface area contributed by atoms with Gasteiger partial charge >= 0.3 is 5.97 Å². The van der Waals surface area contributed by atoms with Gasteiger partial charge in [0.05, 0.1) is 29.2 Å². The SMILES string of the molecule is CCOC(=O)c1ccc(N2C(=O)CC(N(C(=O)c3cccs3)C(C)CC)C2=O)cc1.